The highest BCUT2D eigenvalue weighted by molar-refractivity contribution is 5.39. The van der Waals surface area contributed by atoms with E-state index in [4.69, 9.17) is 0 Å². The molecule has 0 aliphatic carbocycles. The Hall–Kier alpha value is -0.820. The van der Waals surface area contributed by atoms with Gasteiger partial charge in [0, 0.05) is 0 Å². The molecule has 1 N–H and O–H groups in total. The summed E-state index contributed by atoms with van der Waals surface area (Å²) in [4.78, 5) is 0. The maximum absolute atomic E-state index is 10.3. The molecule has 0 saturated heterocycles. The van der Waals surface area contributed by atoms with Gasteiger partial charge in [0.05, 0.1) is 6.10 Å². The molecule has 0 heterocycles. The quantitative estimate of drug-likeness (QED) is 0.796. The van der Waals surface area contributed by atoms with Crippen LogP contribution in [0.25, 0.3) is 0 Å². The van der Waals surface area contributed by atoms with Crippen LogP contribution in [0.5, 0.6) is 0 Å². The minimum absolute atomic E-state index is 0.156. The van der Waals surface area contributed by atoms with Crippen molar-refractivity contribution in [3.05, 3.63) is 34.4 Å². The van der Waals surface area contributed by atoms with Crippen LogP contribution in [0.3, 0.4) is 0 Å². The SMILES string of the molecule is Cc1cc(C)c(C(O)CC(C)(C)C)c(C)c1. The topological polar surface area (TPSA) is 20.2 Å². The molecule has 0 aliphatic heterocycles. The summed E-state index contributed by atoms with van der Waals surface area (Å²) >= 11 is 0. The summed E-state index contributed by atoms with van der Waals surface area (Å²) in [6, 6.07) is 4.29. The first kappa shape index (κ1) is 13.2. The Kier molecular flexibility index (Phi) is 3.80. The first-order valence-corrected chi connectivity index (χ1v) is 5.96. The van der Waals surface area contributed by atoms with Gasteiger partial charge in [-0.1, -0.05) is 38.5 Å². The van der Waals surface area contributed by atoms with Gasteiger partial charge in [0.15, 0.2) is 0 Å². The smallest absolute Gasteiger partial charge is 0.0800 e. The van der Waals surface area contributed by atoms with Crippen molar-refractivity contribution in [1.29, 1.82) is 0 Å². The number of aryl methyl sites for hydroxylation is 3. The number of aliphatic hydroxyl groups is 1. The molecule has 1 nitrogen and oxygen atoms in total. The van der Waals surface area contributed by atoms with Gasteiger partial charge >= 0.3 is 0 Å². The number of hydrogen-bond donors (Lipinski definition) is 1. The first-order valence-electron chi connectivity index (χ1n) is 5.96. The predicted octanol–water partition coefficient (Wildman–Crippen LogP) is 4.08. The highest BCUT2D eigenvalue weighted by Gasteiger charge is 2.20. The summed E-state index contributed by atoms with van der Waals surface area (Å²) in [5.74, 6) is 0. The van der Waals surface area contributed by atoms with Crippen LogP contribution in [-0.2, 0) is 0 Å². The Balaban J connectivity index is 3.04. The lowest BCUT2D eigenvalue weighted by molar-refractivity contribution is 0.121. The third kappa shape index (κ3) is 3.34. The second kappa shape index (κ2) is 4.58. The Bertz CT molecular complexity index is 349. The number of rotatable bonds is 2. The van der Waals surface area contributed by atoms with Crippen molar-refractivity contribution in [2.24, 2.45) is 5.41 Å². The molecule has 16 heavy (non-hydrogen) atoms. The van der Waals surface area contributed by atoms with E-state index >= 15 is 0 Å². The van der Waals surface area contributed by atoms with Gasteiger partial charge in [0.2, 0.25) is 0 Å². The van der Waals surface area contributed by atoms with Crippen LogP contribution in [0, 0.1) is 26.2 Å². The zero-order valence-electron chi connectivity index (χ0n) is 11.4. The molecule has 0 aliphatic rings. The lowest BCUT2D eigenvalue weighted by Crippen LogP contribution is -2.13. The first-order chi connectivity index (χ1) is 7.20. The lowest BCUT2D eigenvalue weighted by Gasteiger charge is -2.25. The summed E-state index contributed by atoms with van der Waals surface area (Å²) in [5.41, 5.74) is 4.94. The molecule has 0 spiro atoms. The molecular formula is C15H24O. The van der Waals surface area contributed by atoms with Crippen LogP contribution in [0.1, 0.15) is 55.5 Å². The number of hydrogen-bond acceptors (Lipinski definition) is 1. The second-order valence-corrected chi connectivity index (χ2v) is 6.09. The maximum atomic E-state index is 10.3. The summed E-state index contributed by atoms with van der Waals surface area (Å²) in [5, 5.41) is 10.3. The van der Waals surface area contributed by atoms with E-state index in [2.05, 4.69) is 53.7 Å². The van der Waals surface area contributed by atoms with Gasteiger partial charge in [-0.05, 0) is 49.3 Å². The third-order valence-electron chi connectivity index (χ3n) is 2.88. The van der Waals surface area contributed by atoms with Crippen molar-refractivity contribution < 1.29 is 5.11 Å². The fourth-order valence-corrected chi connectivity index (χ4v) is 2.40. The van der Waals surface area contributed by atoms with Crippen LogP contribution >= 0.6 is 0 Å². The minimum Gasteiger partial charge on any atom is -0.388 e. The lowest BCUT2D eigenvalue weighted by atomic mass is 9.84. The van der Waals surface area contributed by atoms with Crippen LogP contribution in [-0.4, -0.2) is 5.11 Å². The molecule has 1 aromatic carbocycles. The van der Waals surface area contributed by atoms with Gasteiger partial charge in [0.25, 0.3) is 0 Å². The molecule has 1 unspecified atom stereocenters. The van der Waals surface area contributed by atoms with E-state index in [0.717, 1.165) is 12.0 Å². The second-order valence-electron chi connectivity index (χ2n) is 6.09. The molecule has 0 radical (unpaired) electrons. The van der Waals surface area contributed by atoms with Crippen LogP contribution < -0.4 is 0 Å². The molecule has 1 atom stereocenters. The van der Waals surface area contributed by atoms with E-state index in [9.17, 15) is 5.11 Å². The van der Waals surface area contributed by atoms with E-state index in [0.29, 0.717) is 0 Å². The highest BCUT2D eigenvalue weighted by Crippen LogP contribution is 2.32. The Morgan fingerprint density at radius 3 is 1.88 bits per heavy atom. The van der Waals surface area contributed by atoms with Crippen molar-refractivity contribution in [3.8, 4) is 0 Å². The van der Waals surface area contributed by atoms with Gasteiger partial charge < -0.3 is 5.11 Å². The average Bonchev–Trinajstić information content (AvgIpc) is 1.96. The van der Waals surface area contributed by atoms with Gasteiger partial charge in [-0.25, -0.2) is 0 Å². The molecule has 1 rings (SSSR count). The van der Waals surface area contributed by atoms with Crippen LogP contribution in [0.4, 0.5) is 0 Å². The molecule has 0 saturated carbocycles. The van der Waals surface area contributed by atoms with Crippen molar-refractivity contribution in [2.75, 3.05) is 0 Å². The summed E-state index contributed by atoms with van der Waals surface area (Å²) in [6.45, 7) is 12.8. The molecule has 90 valence electrons. The number of benzene rings is 1. The molecule has 0 bridgehead atoms. The fourth-order valence-electron chi connectivity index (χ4n) is 2.40. The van der Waals surface area contributed by atoms with E-state index in [1.54, 1.807) is 0 Å². The average molecular weight is 220 g/mol. The summed E-state index contributed by atoms with van der Waals surface area (Å²) in [7, 11) is 0. The molecule has 0 aromatic heterocycles. The van der Waals surface area contributed by atoms with Crippen molar-refractivity contribution >= 4 is 0 Å². The maximum Gasteiger partial charge on any atom is 0.0800 e. The van der Waals surface area contributed by atoms with Gasteiger partial charge in [0.1, 0.15) is 0 Å². The fraction of sp³-hybridized carbons (Fsp3) is 0.600. The normalized spacial score (nSPS) is 13.9. The van der Waals surface area contributed by atoms with Gasteiger partial charge in [-0.2, -0.15) is 0 Å². The van der Waals surface area contributed by atoms with E-state index in [1.807, 2.05) is 0 Å². The largest absolute Gasteiger partial charge is 0.388 e. The van der Waals surface area contributed by atoms with Crippen molar-refractivity contribution in [1.82, 2.24) is 0 Å². The van der Waals surface area contributed by atoms with Crippen LogP contribution in [0.15, 0.2) is 12.1 Å². The van der Waals surface area contributed by atoms with E-state index < -0.39 is 0 Å². The minimum atomic E-state index is -0.347. The van der Waals surface area contributed by atoms with E-state index in [-0.39, 0.29) is 11.5 Å². The summed E-state index contributed by atoms with van der Waals surface area (Å²) < 4.78 is 0. The van der Waals surface area contributed by atoms with E-state index in [1.165, 1.54) is 16.7 Å². The van der Waals surface area contributed by atoms with Crippen LogP contribution in [0.2, 0.25) is 0 Å². The molecule has 1 heteroatoms. The zero-order valence-corrected chi connectivity index (χ0v) is 11.4. The predicted molar refractivity (Wildman–Crippen MR) is 69.7 cm³/mol. The molecule has 0 amide bonds. The molecule has 0 fully saturated rings. The van der Waals surface area contributed by atoms with Gasteiger partial charge in [-0.3, -0.25) is 0 Å². The Morgan fingerprint density at radius 1 is 1.06 bits per heavy atom. The van der Waals surface area contributed by atoms with Crippen molar-refractivity contribution in [2.45, 2.75) is 54.1 Å². The van der Waals surface area contributed by atoms with Gasteiger partial charge in [-0.15, -0.1) is 0 Å². The monoisotopic (exact) mass is 220 g/mol. The Morgan fingerprint density at radius 2 is 1.50 bits per heavy atom. The highest BCUT2D eigenvalue weighted by atomic mass is 16.3. The zero-order chi connectivity index (χ0) is 12.5. The third-order valence-corrected chi connectivity index (χ3v) is 2.88. The van der Waals surface area contributed by atoms with Crippen molar-refractivity contribution in [3.63, 3.8) is 0 Å². The molecule has 1 aromatic rings. The standard InChI is InChI=1S/C15H24O/c1-10-7-11(2)14(12(3)8-10)13(16)9-15(4,5)6/h7-8,13,16H,9H2,1-6H3. The molecular weight excluding hydrogens is 196 g/mol. The number of aliphatic hydroxyl groups excluding tert-OH is 1. The summed E-state index contributed by atoms with van der Waals surface area (Å²) in [6.07, 6.45) is 0.457. The Labute approximate surface area is 99.5 Å².